The molecule has 0 aliphatic heterocycles. The molecule has 1 atom stereocenters. The number of carboxylic acids is 1. The third-order valence-corrected chi connectivity index (χ3v) is 3.06. The molecule has 0 rings (SSSR count). The van der Waals surface area contributed by atoms with Gasteiger partial charge in [0, 0.05) is 13.2 Å². The molecule has 0 fully saturated rings. The predicted molar refractivity (Wildman–Crippen MR) is 75.4 cm³/mol. The molecule has 0 saturated carbocycles. The van der Waals surface area contributed by atoms with Crippen LogP contribution in [0.1, 0.15) is 40.0 Å². The van der Waals surface area contributed by atoms with Crippen LogP contribution in [-0.4, -0.2) is 50.1 Å². The van der Waals surface area contributed by atoms with Gasteiger partial charge in [0.25, 0.3) is 0 Å². The maximum atomic E-state index is 11.0. The van der Waals surface area contributed by atoms with E-state index in [4.69, 9.17) is 14.6 Å². The van der Waals surface area contributed by atoms with Gasteiger partial charge in [-0.25, -0.2) is 0 Å². The van der Waals surface area contributed by atoms with Crippen molar-refractivity contribution in [1.82, 2.24) is 5.32 Å². The number of nitrogens with one attached hydrogen (secondary N) is 1. The van der Waals surface area contributed by atoms with E-state index in [0.29, 0.717) is 32.2 Å². The Bertz CT molecular complexity index is 246. The van der Waals surface area contributed by atoms with Gasteiger partial charge < -0.3 is 19.9 Å². The lowest BCUT2D eigenvalue weighted by Crippen LogP contribution is -2.47. The Labute approximate surface area is 116 Å². The normalized spacial score (nSPS) is 14.6. The third-order valence-electron chi connectivity index (χ3n) is 3.06. The maximum absolute atomic E-state index is 11.0. The molecule has 0 aromatic heterocycles. The van der Waals surface area contributed by atoms with Crippen molar-refractivity contribution < 1.29 is 19.4 Å². The first-order valence-corrected chi connectivity index (χ1v) is 7.00. The van der Waals surface area contributed by atoms with Crippen LogP contribution in [0.2, 0.25) is 0 Å². The van der Waals surface area contributed by atoms with E-state index in [9.17, 15) is 4.79 Å². The first kappa shape index (κ1) is 18.4. The number of hydrogen-bond acceptors (Lipinski definition) is 4. The Morgan fingerprint density at radius 3 is 2.37 bits per heavy atom. The smallest absolute Gasteiger partial charge is 0.323 e. The highest BCUT2D eigenvalue weighted by Gasteiger charge is 2.29. The van der Waals surface area contributed by atoms with Gasteiger partial charge in [-0.1, -0.05) is 13.8 Å². The summed E-state index contributed by atoms with van der Waals surface area (Å²) in [5.41, 5.74) is -0.833. The molecule has 0 amide bonds. The molecule has 0 heterocycles. The molecule has 5 heteroatoms. The Hall–Kier alpha value is -0.650. The van der Waals surface area contributed by atoms with Crippen LogP contribution in [0.15, 0.2) is 0 Å². The van der Waals surface area contributed by atoms with Crippen LogP contribution >= 0.6 is 0 Å². The average molecular weight is 275 g/mol. The van der Waals surface area contributed by atoms with Gasteiger partial charge in [-0.05, 0) is 39.2 Å². The molecule has 1 unspecified atom stereocenters. The molecule has 19 heavy (non-hydrogen) atoms. The summed E-state index contributed by atoms with van der Waals surface area (Å²) in [5, 5.41) is 11.9. The van der Waals surface area contributed by atoms with Gasteiger partial charge in [0.15, 0.2) is 0 Å². The maximum Gasteiger partial charge on any atom is 0.323 e. The molecule has 0 radical (unpaired) electrons. The van der Waals surface area contributed by atoms with Crippen molar-refractivity contribution in [3.8, 4) is 0 Å². The Balaban J connectivity index is 3.43. The molecule has 2 N–H and O–H groups in total. The van der Waals surface area contributed by atoms with Gasteiger partial charge >= 0.3 is 5.97 Å². The van der Waals surface area contributed by atoms with Gasteiger partial charge in [0.1, 0.15) is 5.54 Å². The van der Waals surface area contributed by atoms with Gasteiger partial charge in [-0.2, -0.15) is 0 Å². The quantitative estimate of drug-likeness (QED) is 0.533. The highest BCUT2D eigenvalue weighted by atomic mass is 16.5. The second kappa shape index (κ2) is 10.2. The number of rotatable bonds is 12. The Morgan fingerprint density at radius 1 is 1.21 bits per heavy atom. The largest absolute Gasteiger partial charge is 0.480 e. The van der Waals surface area contributed by atoms with Gasteiger partial charge in [0.2, 0.25) is 0 Å². The molecule has 0 aromatic carbocycles. The zero-order chi connectivity index (χ0) is 14.7. The molecule has 5 nitrogen and oxygen atoms in total. The van der Waals surface area contributed by atoms with Crippen LogP contribution < -0.4 is 5.32 Å². The van der Waals surface area contributed by atoms with Crippen LogP contribution in [0.4, 0.5) is 0 Å². The molecule has 0 bridgehead atoms. The highest BCUT2D eigenvalue weighted by molar-refractivity contribution is 5.78. The summed E-state index contributed by atoms with van der Waals surface area (Å²) in [6.07, 6.45) is 2.30. The van der Waals surface area contributed by atoms with Gasteiger partial charge in [-0.15, -0.1) is 0 Å². The summed E-state index contributed by atoms with van der Waals surface area (Å²) in [7, 11) is 1.68. The number of carbonyl (C=O) groups is 1. The van der Waals surface area contributed by atoms with Crippen LogP contribution in [0.3, 0.4) is 0 Å². The van der Waals surface area contributed by atoms with Gasteiger partial charge in [-0.3, -0.25) is 4.79 Å². The van der Waals surface area contributed by atoms with E-state index in [2.05, 4.69) is 19.2 Å². The minimum absolute atomic E-state index is 0.551. The monoisotopic (exact) mass is 275 g/mol. The Morgan fingerprint density at radius 2 is 1.84 bits per heavy atom. The molecule has 0 aromatic rings. The van der Waals surface area contributed by atoms with Crippen LogP contribution in [-0.2, 0) is 14.3 Å². The average Bonchev–Trinajstić information content (AvgIpc) is 2.35. The summed E-state index contributed by atoms with van der Waals surface area (Å²) < 4.78 is 10.8. The zero-order valence-electron chi connectivity index (χ0n) is 12.7. The molecule has 114 valence electrons. The molecular weight excluding hydrogens is 246 g/mol. The van der Waals surface area contributed by atoms with Crippen LogP contribution in [0.5, 0.6) is 0 Å². The van der Waals surface area contributed by atoms with Crippen molar-refractivity contribution in [3.63, 3.8) is 0 Å². The number of likely N-dealkylation sites (N-methyl/N-ethyl adjacent to an activating group) is 1. The second-order valence-electron chi connectivity index (χ2n) is 5.43. The fourth-order valence-electron chi connectivity index (χ4n) is 1.56. The van der Waals surface area contributed by atoms with Gasteiger partial charge in [0.05, 0.1) is 13.2 Å². The number of carboxylic acid groups (broad SMARTS) is 1. The standard InChI is InChI=1S/C14H29NO4/c1-12(2)11-19-10-9-18-8-6-5-7-14(3,15-4)13(16)17/h12,15H,5-11H2,1-4H3,(H,16,17). The van der Waals surface area contributed by atoms with Crippen LogP contribution in [0.25, 0.3) is 0 Å². The van der Waals surface area contributed by atoms with E-state index in [1.165, 1.54) is 0 Å². The predicted octanol–water partition coefficient (Wildman–Crippen LogP) is 1.91. The molecular formula is C14H29NO4. The zero-order valence-corrected chi connectivity index (χ0v) is 12.7. The number of aliphatic carboxylic acids is 1. The number of unbranched alkanes of at least 4 members (excludes halogenated alkanes) is 1. The summed E-state index contributed by atoms with van der Waals surface area (Å²) >= 11 is 0. The first-order chi connectivity index (χ1) is 8.92. The lowest BCUT2D eigenvalue weighted by molar-refractivity contribution is -0.144. The molecule has 0 saturated heterocycles. The summed E-state index contributed by atoms with van der Waals surface area (Å²) in [6.45, 7) is 8.59. The van der Waals surface area contributed by atoms with Crippen molar-refractivity contribution in [2.24, 2.45) is 5.92 Å². The van der Waals surface area contributed by atoms with Crippen molar-refractivity contribution >= 4 is 5.97 Å². The second-order valence-corrected chi connectivity index (χ2v) is 5.43. The van der Waals surface area contributed by atoms with E-state index >= 15 is 0 Å². The fourth-order valence-corrected chi connectivity index (χ4v) is 1.56. The van der Waals surface area contributed by atoms with E-state index in [0.717, 1.165) is 19.4 Å². The summed E-state index contributed by atoms with van der Waals surface area (Å²) in [6, 6.07) is 0. The number of ether oxygens (including phenoxy) is 2. The Kier molecular flexibility index (Phi) is 9.83. The molecule has 0 aliphatic rings. The first-order valence-electron chi connectivity index (χ1n) is 7.00. The van der Waals surface area contributed by atoms with Crippen molar-refractivity contribution in [2.75, 3.05) is 33.5 Å². The van der Waals surface area contributed by atoms with Crippen molar-refractivity contribution in [2.45, 2.75) is 45.6 Å². The fraction of sp³-hybridized carbons (Fsp3) is 0.929. The van der Waals surface area contributed by atoms with E-state index in [-0.39, 0.29) is 0 Å². The van der Waals surface area contributed by atoms with Crippen LogP contribution in [0, 0.1) is 5.92 Å². The number of hydrogen-bond donors (Lipinski definition) is 2. The topological polar surface area (TPSA) is 67.8 Å². The third kappa shape index (κ3) is 8.97. The SMILES string of the molecule is CNC(C)(CCCCOCCOCC(C)C)C(=O)O. The molecule has 0 aliphatic carbocycles. The summed E-state index contributed by atoms with van der Waals surface area (Å²) in [4.78, 5) is 11.0. The lowest BCUT2D eigenvalue weighted by atomic mass is 9.95. The van der Waals surface area contributed by atoms with Crippen molar-refractivity contribution in [3.05, 3.63) is 0 Å². The summed E-state index contributed by atoms with van der Waals surface area (Å²) in [5.74, 6) is -0.256. The minimum atomic E-state index is -0.833. The van der Waals surface area contributed by atoms with E-state index in [1.54, 1.807) is 14.0 Å². The highest BCUT2D eigenvalue weighted by Crippen LogP contribution is 2.13. The van der Waals surface area contributed by atoms with E-state index in [1.807, 2.05) is 0 Å². The van der Waals surface area contributed by atoms with E-state index < -0.39 is 11.5 Å². The minimum Gasteiger partial charge on any atom is -0.480 e. The lowest BCUT2D eigenvalue weighted by Gasteiger charge is -2.23. The van der Waals surface area contributed by atoms with Crippen molar-refractivity contribution in [1.29, 1.82) is 0 Å². The molecule has 0 spiro atoms.